The lowest BCUT2D eigenvalue weighted by Crippen LogP contribution is -2.49. The zero-order valence-electron chi connectivity index (χ0n) is 15.7. The summed E-state index contributed by atoms with van der Waals surface area (Å²) in [6.45, 7) is 6.33. The number of rotatable bonds is 2. The van der Waals surface area contributed by atoms with Gasteiger partial charge in [0.15, 0.2) is 0 Å². The molecule has 2 saturated heterocycles. The summed E-state index contributed by atoms with van der Waals surface area (Å²) in [5, 5.41) is 0.727. The number of aromatic nitrogens is 2. The predicted octanol–water partition coefficient (Wildman–Crippen LogP) is 2.20. The van der Waals surface area contributed by atoms with Gasteiger partial charge in [-0.1, -0.05) is 6.92 Å². The van der Waals surface area contributed by atoms with Crippen LogP contribution < -0.4 is 5.56 Å². The van der Waals surface area contributed by atoms with E-state index in [9.17, 15) is 9.59 Å². The van der Waals surface area contributed by atoms with Crippen molar-refractivity contribution in [3.8, 4) is 0 Å². The number of nitrogens with one attached hydrogen (secondary N) is 1. The number of piperidine rings is 2. The van der Waals surface area contributed by atoms with Gasteiger partial charge < -0.3 is 14.5 Å². The van der Waals surface area contributed by atoms with E-state index in [4.69, 9.17) is 0 Å². The zero-order chi connectivity index (χ0) is 18.3. The Morgan fingerprint density at radius 1 is 1.19 bits per heavy atom. The maximum absolute atomic E-state index is 13.1. The molecule has 0 radical (unpaired) electrons. The van der Waals surface area contributed by atoms with E-state index >= 15 is 0 Å². The van der Waals surface area contributed by atoms with Crippen LogP contribution in [-0.2, 0) is 7.05 Å². The number of nitrogens with zero attached hydrogens (tertiary/aromatic N) is 3. The largest absolute Gasteiger partial charge is 0.357 e. The molecule has 4 rings (SSSR count). The normalized spacial score (nSPS) is 22.8. The maximum Gasteiger partial charge on any atom is 0.274 e. The highest BCUT2D eigenvalue weighted by atomic mass is 16.2. The van der Waals surface area contributed by atoms with Crippen LogP contribution >= 0.6 is 0 Å². The van der Waals surface area contributed by atoms with E-state index in [0.717, 1.165) is 37.2 Å². The first-order valence-electron chi connectivity index (χ1n) is 9.74. The highest BCUT2D eigenvalue weighted by molar-refractivity contribution is 6.05. The molecule has 140 valence electrons. The minimum atomic E-state index is -0.0977. The molecule has 0 aromatic carbocycles. The molecule has 0 aliphatic carbocycles. The van der Waals surface area contributed by atoms with Gasteiger partial charge in [0.2, 0.25) is 0 Å². The van der Waals surface area contributed by atoms with Gasteiger partial charge >= 0.3 is 0 Å². The van der Waals surface area contributed by atoms with Crippen molar-refractivity contribution in [1.29, 1.82) is 0 Å². The number of hydrogen-bond acceptors (Lipinski definition) is 3. The van der Waals surface area contributed by atoms with Crippen molar-refractivity contribution in [3.05, 3.63) is 34.4 Å². The summed E-state index contributed by atoms with van der Waals surface area (Å²) in [4.78, 5) is 32.8. The molecule has 0 bridgehead atoms. The molecule has 1 amide bonds. The molecule has 2 fully saturated rings. The van der Waals surface area contributed by atoms with Crippen molar-refractivity contribution < 1.29 is 4.79 Å². The molecule has 1 atom stereocenters. The number of pyridine rings is 1. The summed E-state index contributed by atoms with van der Waals surface area (Å²) in [5.74, 6) is 0.826. The highest BCUT2D eigenvalue weighted by Crippen LogP contribution is 2.25. The van der Waals surface area contributed by atoms with E-state index in [0.29, 0.717) is 17.1 Å². The summed E-state index contributed by atoms with van der Waals surface area (Å²) in [6, 6.07) is 2.43. The van der Waals surface area contributed by atoms with Crippen molar-refractivity contribution in [1.82, 2.24) is 19.4 Å². The minimum absolute atomic E-state index is 0.0377. The quantitative estimate of drug-likeness (QED) is 0.897. The second-order valence-corrected chi connectivity index (χ2v) is 7.99. The average molecular weight is 356 g/mol. The Morgan fingerprint density at radius 3 is 2.69 bits per heavy atom. The summed E-state index contributed by atoms with van der Waals surface area (Å²) in [5.41, 5.74) is 1.03. The number of hydrogen-bond donors (Lipinski definition) is 1. The van der Waals surface area contributed by atoms with Crippen LogP contribution in [0.4, 0.5) is 0 Å². The Morgan fingerprint density at radius 2 is 1.96 bits per heavy atom. The van der Waals surface area contributed by atoms with Crippen LogP contribution in [-0.4, -0.2) is 57.5 Å². The van der Waals surface area contributed by atoms with Gasteiger partial charge in [-0.05, 0) is 44.2 Å². The molecule has 6 heteroatoms. The lowest BCUT2D eigenvalue weighted by atomic mass is 9.95. The highest BCUT2D eigenvalue weighted by Gasteiger charge is 2.30. The Labute approximate surface area is 153 Å². The van der Waals surface area contributed by atoms with Crippen LogP contribution in [0, 0.1) is 5.92 Å². The van der Waals surface area contributed by atoms with Crippen molar-refractivity contribution in [2.24, 2.45) is 13.0 Å². The fraction of sp³-hybridized carbons (Fsp3) is 0.600. The Balaban J connectivity index is 1.48. The maximum atomic E-state index is 13.1. The number of carbonyl (C=O) groups is 1. The first-order valence-corrected chi connectivity index (χ1v) is 9.74. The second kappa shape index (κ2) is 6.91. The topological polar surface area (TPSA) is 61.3 Å². The summed E-state index contributed by atoms with van der Waals surface area (Å²) < 4.78 is 1.49. The molecule has 0 spiro atoms. The van der Waals surface area contributed by atoms with Crippen molar-refractivity contribution >= 4 is 16.8 Å². The number of aryl methyl sites for hydroxylation is 1. The van der Waals surface area contributed by atoms with Crippen LogP contribution in [0.2, 0.25) is 0 Å². The lowest BCUT2D eigenvalue weighted by molar-refractivity contribution is 0.0543. The fourth-order valence-electron chi connectivity index (χ4n) is 4.60. The van der Waals surface area contributed by atoms with Crippen molar-refractivity contribution in [3.63, 3.8) is 0 Å². The fourth-order valence-corrected chi connectivity index (χ4v) is 4.60. The van der Waals surface area contributed by atoms with Crippen LogP contribution in [0.1, 0.15) is 43.0 Å². The number of H-pyrrole nitrogens is 1. The molecule has 2 aliphatic heterocycles. The first kappa shape index (κ1) is 17.3. The number of carbonyl (C=O) groups excluding carboxylic acids is 1. The van der Waals surface area contributed by atoms with Gasteiger partial charge in [0.05, 0.1) is 5.56 Å². The molecule has 0 saturated carbocycles. The Kier molecular flexibility index (Phi) is 4.61. The van der Waals surface area contributed by atoms with Gasteiger partial charge in [-0.3, -0.25) is 14.5 Å². The number of aromatic amines is 1. The molecular weight excluding hydrogens is 328 g/mol. The molecule has 2 aromatic rings. The SMILES string of the molecule is CC1CCCN(C2CCN(C(=O)c3cn(C)c(=O)c4[nH]ccc34)CC2)C1. The van der Waals surface area contributed by atoms with Gasteiger partial charge in [0.1, 0.15) is 5.52 Å². The minimum Gasteiger partial charge on any atom is -0.357 e. The number of amides is 1. The van der Waals surface area contributed by atoms with E-state index in [1.54, 1.807) is 19.4 Å². The third kappa shape index (κ3) is 3.07. The van der Waals surface area contributed by atoms with E-state index in [2.05, 4.69) is 16.8 Å². The summed E-state index contributed by atoms with van der Waals surface area (Å²) in [6.07, 6.45) is 8.13. The second-order valence-electron chi connectivity index (χ2n) is 7.99. The third-order valence-electron chi connectivity index (χ3n) is 6.08. The van der Waals surface area contributed by atoms with E-state index in [1.165, 1.54) is 30.5 Å². The molecule has 26 heavy (non-hydrogen) atoms. The van der Waals surface area contributed by atoms with E-state index in [-0.39, 0.29) is 11.5 Å². The molecule has 2 aliphatic rings. The van der Waals surface area contributed by atoms with Gasteiger partial charge in [0, 0.05) is 50.5 Å². The summed E-state index contributed by atoms with van der Waals surface area (Å²) >= 11 is 0. The van der Waals surface area contributed by atoms with Crippen LogP contribution in [0.3, 0.4) is 0 Å². The molecule has 4 heterocycles. The molecular formula is C20H28N4O2. The lowest BCUT2D eigenvalue weighted by Gasteiger charge is -2.41. The Hall–Kier alpha value is -2.08. The standard InChI is InChI=1S/C20H28N4O2/c1-14-4-3-9-24(12-14)15-6-10-23(11-7-15)19(25)17-13-22(2)20(26)18-16(17)5-8-21-18/h5,8,13-15,21H,3-4,6-7,9-12H2,1-2H3. The van der Waals surface area contributed by atoms with Gasteiger partial charge in [0.25, 0.3) is 11.5 Å². The van der Waals surface area contributed by atoms with Gasteiger partial charge in [-0.15, -0.1) is 0 Å². The van der Waals surface area contributed by atoms with Gasteiger partial charge in [-0.25, -0.2) is 0 Å². The predicted molar refractivity (Wildman–Crippen MR) is 102 cm³/mol. The molecule has 1 N–H and O–H groups in total. The Bertz CT molecular complexity index is 860. The van der Waals surface area contributed by atoms with Crippen molar-refractivity contribution in [2.75, 3.05) is 26.2 Å². The number of fused-ring (bicyclic) bond motifs is 1. The first-order chi connectivity index (χ1) is 12.5. The van der Waals surface area contributed by atoms with E-state index < -0.39 is 0 Å². The molecule has 2 aromatic heterocycles. The smallest absolute Gasteiger partial charge is 0.274 e. The van der Waals surface area contributed by atoms with Gasteiger partial charge in [-0.2, -0.15) is 0 Å². The number of likely N-dealkylation sites (tertiary alicyclic amines) is 2. The molecule has 6 nitrogen and oxygen atoms in total. The van der Waals surface area contributed by atoms with Crippen molar-refractivity contribution in [2.45, 2.75) is 38.6 Å². The molecule has 1 unspecified atom stereocenters. The van der Waals surface area contributed by atoms with Crippen LogP contribution in [0.15, 0.2) is 23.3 Å². The summed E-state index contributed by atoms with van der Waals surface area (Å²) in [7, 11) is 1.70. The van der Waals surface area contributed by atoms with Crippen LogP contribution in [0.5, 0.6) is 0 Å². The average Bonchev–Trinajstić information content (AvgIpc) is 3.14. The monoisotopic (exact) mass is 356 g/mol. The van der Waals surface area contributed by atoms with Crippen LogP contribution in [0.25, 0.3) is 10.9 Å². The zero-order valence-corrected chi connectivity index (χ0v) is 15.7. The third-order valence-corrected chi connectivity index (χ3v) is 6.08. The van der Waals surface area contributed by atoms with E-state index in [1.807, 2.05) is 11.0 Å².